The largest absolute Gasteiger partial charge is 0.444 e. The molecule has 39 heavy (non-hydrogen) atoms. The number of anilines is 1. The third kappa shape index (κ3) is 9.98. The standard InChI is InChI=1S/C27H38F4N4O4/c1-26(2,3)39-25(38)34-23(22(15-6-7-15)16-8-9-16)24(37)33-20-11-18(13-35(4)5)17(10-19(20)28)12-21(36)32-14-27(29,30)31/h10-11,15-16,22-23H,6-9,12-14H2,1-5H3,(H,32,36)(H,33,37)(H,34,38). The van der Waals surface area contributed by atoms with Crippen molar-refractivity contribution in [2.75, 3.05) is 26.0 Å². The Morgan fingerprint density at radius 2 is 1.62 bits per heavy atom. The summed E-state index contributed by atoms with van der Waals surface area (Å²) in [6.45, 7) is 3.91. The molecule has 3 amide bonds. The summed E-state index contributed by atoms with van der Waals surface area (Å²) in [7, 11) is 3.48. The molecule has 218 valence electrons. The fourth-order valence-electron chi connectivity index (χ4n) is 4.71. The van der Waals surface area contributed by atoms with E-state index in [0.717, 1.165) is 31.7 Å². The molecule has 0 bridgehead atoms. The molecule has 2 aliphatic carbocycles. The van der Waals surface area contributed by atoms with Gasteiger partial charge in [-0.25, -0.2) is 9.18 Å². The second-order valence-corrected chi connectivity index (χ2v) is 11.8. The minimum absolute atomic E-state index is 0.0987. The van der Waals surface area contributed by atoms with Crippen LogP contribution in [0.4, 0.5) is 28.0 Å². The van der Waals surface area contributed by atoms with Gasteiger partial charge in [0.2, 0.25) is 11.8 Å². The lowest BCUT2D eigenvalue weighted by Crippen LogP contribution is -2.51. The zero-order chi connectivity index (χ0) is 29.1. The number of benzene rings is 1. The predicted octanol–water partition coefficient (Wildman–Crippen LogP) is 4.38. The van der Waals surface area contributed by atoms with E-state index in [-0.39, 0.29) is 35.5 Å². The average molecular weight is 559 g/mol. The van der Waals surface area contributed by atoms with Gasteiger partial charge < -0.3 is 25.6 Å². The lowest BCUT2D eigenvalue weighted by Gasteiger charge is -2.29. The summed E-state index contributed by atoms with van der Waals surface area (Å²) in [6.07, 6.45) is -1.95. The van der Waals surface area contributed by atoms with E-state index in [9.17, 15) is 27.6 Å². The molecule has 0 aliphatic heterocycles. The Bertz CT molecular complexity index is 1050. The molecule has 2 aliphatic rings. The van der Waals surface area contributed by atoms with Gasteiger partial charge in [0, 0.05) is 6.54 Å². The van der Waals surface area contributed by atoms with E-state index in [1.165, 1.54) is 6.07 Å². The first-order valence-electron chi connectivity index (χ1n) is 13.1. The number of alkyl halides is 3. The number of nitrogens with zero attached hydrogens (tertiary/aromatic N) is 1. The van der Waals surface area contributed by atoms with Crippen molar-refractivity contribution in [1.29, 1.82) is 0 Å². The van der Waals surface area contributed by atoms with Crippen molar-refractivity contribution in [3.05, 3.63) is 29.1 Å². The van der Waals surface area contributed by atoms with Gasteiger partial charge in [0.1, 0.15) is 24.0 Å². The molecule has 3 rings (SSSR count). The number of nitrogens with one attached hydrogen (secondary N) is 3. The molecule has 2 fully saturated rings. The second kappa shape index (κ2) is 12.1. The van der Waals surface area contributed by atoms with Crippen LogP contribution in [0.2, 0.25) is 0 Å². The van der Waals surface area contributed by atoms with Crippen molar-refractivity contribution in [3.63, 3.8) is 0 Å². The van der Waals surface area contributed by atoms with Gasteiger partial charge in [0.25, 0.3) is 0 Å². The number of amides is 3. The highest BCUT2D eigenvalue weighted by molar-refractivity contribution is 5.97. The van der Waals surface area contributed by atoms with Gasteiger partial charge in [0.05, 0.1) is 12.1 Å². The highest BCUT2D eigenvalue weighted by Gasteiger charge is 2.48. The third-order valence-corrected chi connectivity index (χ3v) is 6.54. The number of hydrogen-bond acceptors (Lipinski definition) is 5. The second-order valence-electron chi connectivity index (χ2n) is 11.8. The topological polar surface area (TPSA) is 99.8 Å². The lowest BCUT2D eigenvalue weighted by atomic mass is 9.88. The first-order valence-corrected chi connectivity index (χ1v) is 13.1. The fraction of sp³-hybridized carbons (Fsp3) is 0.667. The Balaban J connectivity index is 1.83. The van der Waals surface area contributed by atoms with Gasteiger partial charge in [-0.05, 0) is 102 Å². The Morgan fingerprint density at radius 1 is 1.03 bits per heavy atom. The van der Waals surface area contributed by atoms with Gasteiger partial charge in [-0.2, -0.15) is 13.2 Å². The maximum Gasteiger partial charge on any atom is 0.408 e. The van der Waals surface area contributed by atoms with E-state index in [2.05, 4.69) is 10.6 Å². The zero-order valence-corrected chi connectivity index (χ0v) is 23.0. The van der Waals surface area contributed by atoms with E-state index >= 15 is 4.39 Å². The van der Waals surface area contributed by atoms with Crippen LogP contribution in [0.15, 0.2) is 12.1 Å². The molecule has 1 aromatic carbocycles. The normalized spacial score (nSPS) is 16.7. The van der Waals surface area contributed by atoms with Crippen LogP contribution in [0.1, 0.15) is 57.6 Å². The molecular weight excluding hydrogens is 520 g/mol. The maximum atomic E-state index is 15.2. The molecule has 1 aromatic rings. The summed E-state index contributed by atoms with van der Waals surface area (Å²) < 4.78 is 58.0. The first kappa shape index (κ1) is 30.6. The number of ether oxygens (including phenoxy) is 1. The Hall–Kier alpha value is -2.89. The number of carbonyl (C=O) groups is 3. The number of hydrogen-bond donors (Lipinski definition) is 3. The van der Waals surface area contributed by atoms with Crippen LogP contribution in [0.3, 0.4) is 0 Å². The van der Waals surface area contributed by atoms with E-state index in [4.69, 9.17) is 4.74 Å². The quantitative estimate of drug-likeness (QED) is 0.350. The molecular formula is C27H38F4N4O4. The highest BCUT2D eigenvalue weighted by atomic mass is 19.4. The first-order chi connectivity index (χ1) is 18.0. The summed E-state index contributed by atoms with van der Waals surface area (Å²) in [5.74, 6) is -1.84. The van der Waals surface area contributed by atoms with Crippen LogP contribution in [-0.4, -0.2) is 61.3 Å². The van der Waals surface area contributed by atoms with Gasteiger partial charge in [-0.1, -0.05) is 0 Å². The van der Waals surface area contributed by atoms with E-state index in [1.807, 2.05) is 0 Å². The Kier molecular flexibility index (Phi) is 9.51. The molecule has 0 aromatic heterocycles. The smallest absolute Gasteiger partial charge is 0.408 e. The zero-order valence-electron chi connectivity index (χ0n) is 23.0. The van der Waals surface area contributed by atoms with Crippen LogP contribution in [0.5, 0.6) is 0 Å². The van der Waals surface area contributed by atoms with Gasteiger partial charge in [-0.15, -0.1) is 0 Å². The van der Waals surface area contributed by atoms with E-state index < -0.39 is 54.5 Å². The monoisotopic (exact) mass is 558 g/mol. The molecule has 0 saturated heterocycles. The molecule has 0 radical (unpaired) electrons. The number of alkyl carbamates (subject to hydrolysis) is 1. The van der Waals surface area contributed by atoms with Crippen LogP contribution in [0, 0.1) is 23.6 Å². The van der Waals surface area contributed by atoms with Crippen LogP contribution in [-0.2, 0) is 27.3 Å². The molecule has 1 atom stereocenters. The van der Waals surface area contributed by atoms with Crippen molar-refractivity contribution in [2.45, 2.75) is 77.2 Å². The van der Waals surface area contributed by atoms with Crippen LogP contribution >= 0.6 is 0 Å². The summed E-state index contributed by atoms with van der Waals surface area (Å²) in [5, 5.41) is 7.12. The number of rotatable bonds is 11. The van der Waals surface area contributed by atoms with Crippen LogP contribution < -0.4 is 16.0 Å². The van der Waals surface area contributed by atoms with Crippen molar-refractivity contribution in [3.8, 4) is 0 Å². The average Bonchev–Trinajstić information content (AvgIpc) is 3.68. The molecule has 1 unspecified atom stereocenters. The van der Waals surface area contributed by atoms with Crippen LogP contribution in [0.25, 0.3) is 0 Å². The molecule has 0 heterocycles. The minimum atomic E-state index is -4.57. The summed E-state index contributed by atoms with van der Waals surface area (Å²) in [4.78, 5) is 40.0. The third-order valence-electron chi connectivity index (χ3n) is 6.54. The fourth-order valence-corrected chi connectivity index (χ4v) is 4.71. The van der Waals surface area contributed by atoms with Gasteiger partial charge in [-0.3, -0.25) is 9.59 Å². The minimum Gasteiger partial charge on any atom is -0.444 e. The highest BCUT2D eigenvalue weighted by Crippen LogP contribution is 2.51. The molecule has 2 saturated carbocycles. The number of carbonyl (C=O) groups excluding carboxylic acids is 3. The maximum absolute atomic E-state index is 15.2. The van der Waals surface area contributed by atoms with Gasteiger partial charge >= 0.3 is 12.3 Å². The molecule has 8 nitrogen and oxygen atoms in total. The summed E-state index contributed by atoms with van der Waals surface area (Å²) >= 11 is 0. The molecule has 3 N–H and O–H groups in total. The Morgan fingerprint density at radius 3 is 2.10 bits per heavy atom. The summed E-state index contributed by atoms with van der Waals surface area (Å²) in [5.41, 5.74) is -0.236. The van der Waals surface area contributed by atoms with E-state index in [0.29, 0.717) is 5.56 Å². The predicted molar refractivity (Wildman–Crippen MR) is 137 cm³/mol. The SMILES string of the molecule is CN(C)Cc1cc(NC(=O)C(NC(=O)OC(C)(C)C)C(C2CC2)C2CC2)c(F)cc1CC(=O)NCC(F)(F)F. The molecule has 12 heteroatoms. The van der Waals surface area contributed by atoms with Gasteiger partial charge in [0.15, 0.2) is 0 Å². The summed E-state index contributed by atoms with van der Waals surface area (Å²) in [6, 6.07) is 1.51. The van der Waals surface area contributed by atoms with Crippen molar-refractivity contribution in [1.82, 2.24) is 15.5 Å². The number of halogens is 4. The van der Waals surface area contributed by atoms with E-state index in [1.54, 1.807) is 45.1 Å². The van der Waals surface area contributed by atoms with Crippen molar-refractivity contribution in [2.24, 2.45) is 17.8 Å². The van der Waals surface area contributed by atoms with Crippen molar-refractivity contribution >= 4 is 23.6 Å². The van der Waals surface area contributed by atoms with Crippen molar-refractivity contribution < 1.29 is 36.7 Å². The molecule has 0 spiro atoms. The Labute approximate surface area is 226 Å². The lowest BCUT2D eigenvalue weighted by molar-refractivity contribution is -0.138.